The van der Waals surface area contributed by atoms with Gasteiger partial charge >= 0.3 is 0 Å². The lowest BCUT2D eigenvalue weighted by Crippen LogP contribution is -2.01. The lowest BCUT2D eigenvalue weighted by molar-refractivity contribution is 0.766. The third kappa shape index (κ3) is 3.38. The number of para-hydroxylation sites is 1. The Hall–Kier alpha value is -2.08. The van der Waals surface area contributed by atoms with Crippen LogP contribution in [-0.4, -0.2) is 30.3 Å². The number of benzene rings is 1. The summed E-state index contributed by atoms with van der Waals surface area (Å²) in [6.45, 7) is 0. The van der Waals surface area contributed by atoms with Crippen LogP contribution in [-0.2, 0) is 13.5 Å². The summed E-state index contributed by atoms with van der Waals surface area (Å²) in [4.78, 5) is 0. The summed E-state index contributed by atoms with van der Waals surface area (Å²) >= 11 is 1.80. The molecule has 1 aliphatic rings. The van der Waals surface area contributed by atoms with Crippen molar-refractivity contribution in [2.45, 2.75) is 36.8 Å². The summed E-state index contributed by atoms with van der Waals surface area (Å²) in [5.41, 5.74) is 2.46. The van der Waals surface area contributed by atoms with Crippen molar-refractivity contribution in [1.29, 1.82) is 0 Å². The number of hydrogen-bond acceptors (Lipinski definition) is 4. The fraction of sp³-hybridized carbons (Fsp3) is 0.389. The van der Waals surface area contributed by atoms with Crippen molar-refractivity contribution in [2.24, 2.45) is 7.05 Å². The molecular formula is C18H21N5S. The van der Waals surface area contributed by atoms with E-state index in [1.807, 2.05) is 24.0 Å². The molecule has 1 aliphatic carbocycles. The normalized spacial score (nSPS) is 14.2. The van der Waals surface area contributed by atoms with Crippen molar-refractivity contribution in [3.8, 4) is 5.69 Å². The summed E-state index contributed by atoms with van der Waals surface area (Å²) in [5, 5.41) is 14.2. The van der Waals surface area contributed by atoms with Crippen molar-refractivity contribution in [2.75, 3.05) is 5.75 Å². The molecule has 0 atom stereocenters. The Morgan fingerprint density at radius 3 is 2.71 bits per heavy atom. The molecule has 0 bridgehead atoms. The van der Waals surface area contributed by atoms with E-state index in [-0.39, 0.29) is 0 Å². The van der Waals surface area contributed by atoms with Crippen LogP contribution in [0.1, 0.15) is 36.6 Å². The monoisotopic (exact) mass is 339 g/mol. The number of thioether (sulfide) groups is 1. The van der Waals surface area contributed by atoms with Gasteiger partial charge in [0.25, 0.3) is 0 Å². The SMILES string of the molecule is Cn1cc(CCCSc2nnc(C3CC3)n2-c2ccccc2)cn1. The highest BCUT2D eigenvalue weighted by molar-refractivity contribution is 7.99. The highest BCUT2D eigenvalue weighted by atomic mass is 32.2. The molecule has 1 aromatic carbocycles. The molecule has 4 rings (SSSR count). The first kappa shape index (κ1) is 15.4. The maximum atomic E-state index is 4.47. The fourth-order valence-corrected chi connectivity index (χ4v) is 3.74. The third-order valence-corrected chi connectivity index (χ3v) is 5.23. The summed E-state index contributed by atoms with van der Waals surface area (Å²) < 4.78 is 4.10. The largest absolute Gasteiger partial charge is 0.276 e. The zero-order valence-electron chi connectivity index (χ0n) is 13.8. The van der Waals surface area contributed by atoms with E-state index in [0.717, 1.165) is 29.6 Å². The molecule has 24 heavy (non-hydrogen) atoms. The van der Waals surface area contributed by atoms with Crippen LogP contribution in [0.3, 0.4) is 0 Å². The van der Waals surface area contributed by atoms with E-state index in [2.05, 4.69) is 50.3 Å². The van der Waals surface area contributed by atoms with Crippen LogP contribution in [0.15, 0.2) is 47.9 Å². The minimum absolute atomic E-state index is 0.586. The van der Waals surface area contributed by atoms with Crippen LogP contribution in [0.25, 0.3) is 5.69 Å². The molecule has 124 valence electrons. The van der Waals surface area contributed by atoms with E-state index in [1.54, 1.807) is 11.8 Å². The third-order valence-electron chi connectivity index (χ3n) is 4.21. The molecule has 0 aliphatic heterocycles. The van der Waals surface area contributed by atoms with Gasteiger partial charge in [0, 0.05) is 30.6 Å². The molecule has 5 nitrogen and oxygen atoms in total. The van der Waals surface area contributed by atoms with Crippen LogP contribution in [0.4, 0.5) is 0 Å². The van der Waals surface area contributed by atoms with Gasteiger partial charge in [-0.3, -0.25) is 9.25 Å². The molecule has 6 heteroatoms. The van der Waals surface area contributed by atoms with Gasteiger partial charge in [-0.2, -0.15) is 5.10 Å². The molecule has 0 N–H and O–H groups in total. The van der Waals surface area contributed by atoms with Gasteiger partial charge in [0.15, 0.2) is 5.16 Å². The molecule has 1 fully saturated rings. The Morgan fingerprint density at radius 1 is 1.17 bits per heavy atom. The second-order valence-corrected chi connectivity index (χ2v) is 7.32. The molecule has 0 radical (unpaired) electrons. The maximum Gasteiger partial charge on any atom is 0.195 e. The first-order valence-electron chi connectivity index (χ1n) is 8.42. The maximum absolute atomic E-state index is 4.47. The van der Waals surface area contributed by atoms with E-state index < -0.39 is 0 Å². The topological polar surface area (TPSA) is 48.5 Å². The van der Waals surface area contributed by atoms with Gasteiger partial charge in [0.1, 0.15) is 5.82 Å². The molecule has 2 heterocycles. The molecule has 0 amide bonds. The highest BCUT2D eigenvalue weighted by Crippen LogP contribution is 2.41. The van der Waals surface area contributed by atoms with Crippen molar-refractivity contribution in [1.82, 2.24) is 24.5 Å². The lowest BCUT2D eigenvalue weighted by atomic mass is 10.2. The molecule has 0 saturated heterocycles. The van der Waals surface area contributed by atoms with Gasteiger partial charge in [0.2, 0.25) is 0 Å². The highest BCUT2D eigenvalue weighted by Gasteiger charge is 2.30. The van der Waals surface area contributed by atoms with E-state index in [4.69, 9.17) is 0 Å². The average Bonchev–Trinajstić information content (AvgIpc) is 3.23. The van der Waals surface area contributed by atoms with Gasteiger partial charge in [-0.1, -0.05) is 30.0 Å². The second-order valence-electron chi connectivity index (χ2n) is 6.26. The summed E-state index contributed by atoms with van der Waals surface area (Å²) in [6, 6.07) is 10.5. The molecule has 3 aromatic rings. The minimum atomic E-state index is 0.586. The standard InChI is InChI=1S/C18H21N5S/c1-22-13-14(12-19-22)6-5-11-24-18-21-20-17(15-9-10-15)23(18)16-7-3-2-4-8-16/h2-4,7-8,12-13,15H,5-6,9-11H2,1H3. The Balaban J connectivity index is 1.45. The Kier molecular flexibility index (Phi) is 4.38. The van der Waals surface area contributed by atoms with Crippen LogP contribution in [0, 0.1) is 0 Å². The van der Waals surface area contributed by atoms with E-state index in [9.17, 15) is 0 Å². The predicted octanol–water partition coefficient (Wildman–Crippen LogP) is 3.60. The van der Waals surface area contributed by atoms with Gasteiger partial charge < -0.3 is 0 Å². The van der Waals surface area contributed by atoms with Crippen LogP contribution >= 0.6 is 11.8 Å². The van der Waals surface area contributed by atoms with E-state index in [1.165, 1.54) is 24.1 Å². The molecule has 1 saturated carbocycles. The number of hydrogen-bond donors (Lipinski definition) is 0. The van der Waals surface area contributed by atoms with Gasteiger partial charge in [0.05, 0.1) is 6.20 Å². The van der Waals surface area contributed by atoms with Crippen molar-refractivity contribution < 1.29 is 0 Å². The zero-order chi connectivity index (χ0) is 16.4. The average molecular weight is 339 g/mol. The van der Waals surface area contributed by atoms with Crippen molar-refractivity contribution in [3.05, 3.63) is 54.1 Å². The summed E-state index contributed by atoms with van der Waals surface area (Å²) in [6.07, 6.45) is 8.66. The zero-order valence-corrected chi connectivity index (χ0v) is 14.6. The van der Waals surface area contributed by atoms with Gasteiger partial charge in [-0.05, 0) is 43.4 Å². The number of nitrogens with zero attached hydrogens (tertiary/aromatic N) is 5. The minimum Gasteiger partial charge on any atom is -0.276 e. The van der Waals surface area contributed by atoms with Crippen molar-refractivity contribution in [3.63, 3.8) is 0 Å². The van der Waals surface area contributed by atoms with Gasteiger partial charge in [-0.15, -0.1) is 10.2 Å². The number of rotatable bonds is 7. The second kappa shape index (κ2) is 6.81. The summed E-state index contributed by atoms with van der Waals surface area (Å²) in [7, 11) is 1.96. The molecule has 0 unspecified atom stereocenters. The smallest absolute Gasteiger partial charge is 0.195 e. The van der Waals surface area contributed by atoms with Gasteiger partial charge in [-0.25, -0.2) is 0 Å². The van der Waals surface area contributed by atoms with E-state index in [0.29, 0.717) is 5.92 Å². The van der Waals surface area contributed by atoms with Crippen LogP contribution in [0.2, 0.25) is 0 Å². The Labute approximate surface area is 146 Å². The van der Waals surface area contributed by atoms with Crippen molar-refractivity contribution >= 4 is 11.8 Å². The van der Waals surface area contributed by atoms with E-state index >= 15 is 0 Å². The summed E-state index contributed by atoms with van der Waals surface area (Å²) in [5.74, 6) is 2.74. The number of aryl methyl sites for hydroxylation is 2. The number of aromatic nitrogens is 5. The molecule has 0 spiro atoms. The lowest BCUT2D eigenvalue weighted by Gasteiger charge is -2.09. The van der Waals surface area contributed by atoms with Crippen LogP contribution < -0.4 is 0 Å². The molecular weight excluding hydrogens is 318 g/mol. The Morgan fingerprint density at radius 2 is 2.00 bits per heavy atom. The first-order chi connectivity index (χ1) is 11.8. The first-order valence-corrected chi connectivity index (χ1v) is 9.41. The van der Waals surface area contributed by atoms with Crippen LogP contribution in [0.5, 0.6) is 0 Å². The Bertz CT molecular complexity index is 804. The fourth-order valence-electron chi connectivity index (χ4n) is 2.84. The quantitative estimate of drug-likeness (QED) is 0.487. The predicted molar refractivity (Wildman–Crippen MR) is 95.6 cm³/mol. The molecule has 2 aromatic heterocycles.